The predicted octanol–water partition coefficient (Wildman–Crippen LogP) is 3.43. The predicted molar refractivity (Wildman–Crippen MR) is 76.7 cm³/mol. The molecule has 0 atom stereocenters. The molecule has 0 bridgehead atoms. The van der Waals surface area contributed by atoms with E-state index in [9.17, 15) is 14.5 Å². The summed E-state index contributed by atoms with van der Waals surface area (Å²) < 4.78 is 18.6. The van der Waals surface area contributed by atoms with Gasteiger partial charge < -0.3 is 10.5 Å². The minimum absolute atomic E-state index is 0.0128. The molecule has 0 unspecified atom stereocenters. The average Bonchev–Trinajstić information content (AvgIpc) is 2.48. The van der Waals surface area contributed by atoms with Crippen molar-refractivity contribution in [2.24, 2.45) is 5.73 Å². The standard InChI is InChI=1S/C14H12ClFN2O3/c15-12-5-9(1-3-13(12)16)8-21-14-4-2-11(18(19)20)6-10(14)7-17/h1-6H,7-8,17H2. The highest BCUT2D eigenvalue weighted by atomic mass is 35.5. The maximum Gasteiger partial charge on any atom is 0.270 e. The average molecular weight is 311 g/mol. The highest BCUT2D eigenvalue weighted by molar-refractivity contribution is 6.30. The first kappa shape index (κ1) is 15.2. The van der Waals surface area contributed by atoms with Crippen LogP contribution in [0.15, 0.2) is 36.4 Å². The minimum atomic E-state index is -0.501. The number of hydrogen-bond acceptors (Lipinski definition) is 4. The summed E-state index contributed by atoms with van der Waals surface area (Å²) in [6, 6.07) is 8.46. The highest BCUT2D eigenvalue weighted by Gasteiger charge is 2.11. The van der Waals surface area contributed by atoms with E-state index in [1.807, 2.05) is 0 Å². The van der Waals surface area contributed by atoms with Crippen molar-refractivity contribution >= 4 is 17.3 Å². The third kappa shape index (κ3) is 3.68. The number of non-ortho nitro benzene ring substituents is 1. The summed E-state index contributed by atoms with van der Waals surface area (Å²) in [5.74, 6) is -0.0538. The normalized spacial score (nSPS) is 10.4. The lowest BCUT2D eigenvalue weighted by molar-refractivity contribution is -0.384. The molecule has 0 spiro atoms. The van der Waals surface area contributed by atoms with Crippen LogP contribution in [-0.2, 0) is 13.2 Å². The number of hydrogen-bond donors (Lipinski definition) is 1. The summed E-state index contributed by atoms with van der Waals surface area (Å²) in [5, 5.41) is 10.7. The Hall–Kier alpha value is -2.18. The van der Waals surface area contributed by atoms with Crippen molar-refractivity contribution in [1.82, 2.24) is 0 Å². The molecule has 0 saturated heterocycles. The lowest BCUT2D eigenvalue weighted by Crippen LogP contribution is -2.04. The first-order valence-electron chi connectivity index (χ1n) is 6.05. The zero-order chi connectivity index (χ0) is 15.4. The van der Waals surface area contributed by atoms with Crippen molar-refractivity contribution in [1.29, 1.82) is 0 Å². The van der Waals surface area contributed by atoms with Gasteiger partial charge in [0.15, 0.2) is 0 Å². The van der Waals surface area contributed by atoms with Gasteiger partial charge in [-0.2, -0.15) is 0 Å². The second-order valence-electron chi connectivity index (χ2n) is 4.29. The van der Waals surface area contributed by atoms with E-state index in [0.717, 1.165) is 0 Å². The number of nitro benzene ring substituents is 1. The second kappa shape index (κ2) is 6.51. The molecule has 0 saturated carbocycles. The van der Waals surface area contributed by atoms with Crippen LogP contribution in [-0.4, -0.2) is 4.92 Å². The quantitative estimate of drug-likeness (QED) is 0.678. The molecule has 5 nitrogen and oxygen atoms in total. The van der Waals surface area contributed by atoms with E-state index in [2.05, 4.69) is 0 Å². The van der Waals surface area contributed by atoms with Gasteiger partial charge in [-0.25, -0.2) is 4.39 Å². The molecular weight excluding hydrogens is 299 g/mol. The van der Waals surface area contributed by atoms with E-state index >= 15 is 0 Å². The number of rotatable bonds is 5. The number of halogens is 2. The number of benzene rings is 2. The number of nitrogens with two attached hydrogens (primary N) is 1. The Morgan fingerprint density at radius 3 is 2.67 bits per heavy atom. The van der Waals surface area contributed by atoms with Crippen LogP contribution >= 0.6 is 11.6 Å². The first-order valence-corrected chi connectivity index (χ1v) is 6.43. The van der Waals surface area contributed by atoms with Crippen LogP contribution in [0.1, 0.15) is 11.1 Å². The second-order valence-corrected chi connectivity index (χ2v) is 4.70. The Labute approximate surface area is 125 Å². The van der Waals surface area contributed by atoms with Crippen molar-refractivity contribution in [3.05, 3.63) is 68.5 Å². The van der Waals surface area contributed by atoms with Gasteiger partial charge in [-0.15, -0.1) is 0 Å². The highest BCUT2D eigenvalue weighted by Crippen LogP contribution is 2.25. The third-order valence-electron chi connectivity index (χ3n) is 2.85. The van der Waals surface area contributed by atoms with E-state index in [0.29, 0.717) is 16.9 Å². The SMILES string of the molecule is NCc1cc([N+](=O)[O-])ccc1OCc1ccc(F)c(Cl)c1. The van der Waals surface area contributed by atoms with Gasteiger partial charge in [0.25, 0.3) is 5.69 Å². The Morgan fingerprint density at radius 1 is 1.29 bits per heavy atom. The van der Waals surface area contributed by atoms with E-state index in [-0.39, 0.29) is 23.9 Å². The van der Waals surface area contributed by atoms with Crippen LogP contribution in [0.2, 0.25) is 5.02 Å². The van der Waals surface area contributed by atoms with E-state index < -0.39 is 10.7 Å². The minimum Gasteiger partial charge on any atom is -0.489 e. The van der Waals surface area contributed by atoms with Gasteiger partial charge in [-0.3, -0.25) is 10.1 Å². The van der Waals surface area contributed by atoms with Gasteiger partial charge in [-0.05, 0) is 23.8 Å². The molecule has 0 aliphatic heterocycles. The molecule has 7 heteroatoms. The molecule has 2 N–H and O–H groups in total. The molecule has 2 aromatic carbocycles. The topological polar surface area (TPSA) is 78.4 Å². The molecule has 0 aliphatic carbocycles. The Morgan fingerprint density at radius 2 is 2.05 bits per heavy atom. The van der Waals surface area contributed by atoms with E-state index in [1.165, 1.54) is 30.3 Å². The molecule has 2 rings (SSSR count). The van der Waals surface area contributed by atoms with Gasteiger partial charge in [0.1, 0.15) is 18.2 Å². The summed E-state index contributed by atoms with van der Waals surface area (Å²) in [6.07, 6.45) is 0. The van der Waals surface area contributed by atoms with Crippen LogP contribution < -0.4 is 10.5 Å². The van der Waals surface area contributed by atoms with Gasteiger partial charge in [0.05, 0.1) is 9.95 Å². The third-order valence-corrected chi connectivity index (χ3v) is 3.14. The largest absolute Gasteiger partial charge is 0.489 e. The number of nitrogens with zero attached hydrogens (tertiary/aromatic N) is 1. The Balaban J connectivity index is 2.15. The Kier molecular flexibility index (Phi) is 4.72. The van der Waals surface area contributed by atoms with Gasteiger partial charge in [0, 0.05) is 24.2 Å². The van der Waals surface area contributed by atoms with Gasteiger partial charge in [0.2, 0.25) is 0 Å². The fourth-order valence-electron chi connectivity index (χ4n) is 1.77. The van der Waals surface area contributed by atoms with Gasteiger partial charge >= 0.3 is 0 Å². The molecule has 0 aliphatic rings. The molecule has 21 heavy (non-hydrogen) atoms. The molecule has 2 aromatic rings. The lowest BCUT2D eigenvalue weighted by Gasteiger charge is -2.10. The monoisotopic (exact) mass is 310 g/mol. The van der Waals surface area contributed by atoms with Crippen molar-refractivity contribution in [2.45, 2.75) is 13.2 Å². The molecular formula is C14H12ClFN2O3. The zero-order valence-electron chi connectivity index (χ0n) is 10.9. The van der Waals surface area contributed by atoms with Crippen molar-refractivity contribution in [2.75, 3.05) is 0 Å². The van der Waals surface area contributed by atoms with Crippen LogP contribution in [0.4, 0.5) is 10.1 Å². The van der Waals surface area contributed by atoms with Gasteiger partial charge in [-0.1, -0.05) is 17.7 Å². The van der Waals surface area contributed by atoms with Crippen molar-refractivity contribution in [3.63, 3.8) is 0 Å². The summed E-state index contributed by atoms with van der Waals surface area (Å²) in [6.45, 7) is 0.270. The van der Waals surface area contributed by atoms with Crippen LogP contribution in [0.25, 0.3) is 0 Å². The zero-order valence-corrected chi connectivity index (χ0v) is 11.6. The maximum absolute atomic E-state index is 13.0. The summed E-state index contributed by atoms with van der Waals surface area (Å²) in [4.78, 5) is 10.2. The van der Waals surface area contributed by atoms with Crippen molar-refractivity contribution < 1.29 is 14.1 Å². The van der Waals surface area contributed by atoms with Crippen LogP contribution in [0.5, 0.6) is 5.75 Å². The molecule has 0 amide bonds. The fraction of sp³-hybridized carbons (Fsp3) is 0.143. The summed E-state index contributed by atoms with van der Waals surface area (Å²) >= 11 is 5.68. The van der Waals surface area contributed by atoms with Crippen molar-refractivity contribution in [3.8, 4) is 5.75 Å². The van der Waals surface area contributed by atoms with E-state index in [4.69, 9.17) is 22.1 Å². The smallest absolute Gasteiger partial charge is 0.270 e. The Bertz CT molecular complexity index is 679. The first-order chi connectivity index (χ1) is 10.0. The lowest BCUT2D eigenvalue weighted by atomic mass is 10.1. The maximum atomic E-state index is 13.0. The fourth-order valence-corrected chi connectivity index (χ4v) is 1.97. The van der Waals surface area contributed by atoms with Crippen LogP contribution in [0.3, 0.4) is 0 Å². The molecule has 110 valence electrons. The van der Waals surface area contributed by atoms with E-state index in [1.54, 1.807) is 6.07 Å². The molecule has 0 fully saturated rings. The molecule has 0 heterocycles. The van der Waals surface area contributed by atoms with Crippen LogP contribution in [0, 0.1) is 15.9 Å². The number of ether oxygens (including phenoxy) is 1. The summed E-state index contributed by atoms with van der Waals surface area (Å²) in [7, 11) is 0. The molecule has 0 aromatic heterocycles. The summed E-state index contributed by atoms with van der Waals surface area (Å²) in [5.41, 5.74) is 6.72. The number of nitro groups is 1. The molecule has 0 radical (unpaired) electrons.